The number of nitrogens with one attached hydrogen (secondary N) is 1. The lowest BCUT2D eigenvalue weighted by Gasteiger charge is -2.12. The molecule has 1 amide bonds. The third kappa shape index (κ3) is 4.12. The van der Waals surface area contributed by atoms with Crippen molar-refractivity contribution in [1.82, 2.24) is 0 Å². The zero-order chi connectivity index (χ0) is 12.8. The van der Waals surface area contributed by atoms with Gasteiger partial charge in [-0.05, 0) is 19.1 Å². The van der Waals surface area contributed by atoms with E-state index in [0.717, 1.165) is 0 Å². The van der Waals surface area contributed by atoms with Crippen molar-refractivity contribution in [2.24, 2.45) is 5.73 Å². The summed E-state index contributed by atoms with van der Waals surface area (Å²) in [7, 11) is 0. The van der Waals surface area contributed by atoms with E-state index in [0.29, 0.717) is 11.4 Å². The number of rotatable bonds is 5. The van der Waals surface area contributed by atoms with Gasteiger partial charge in [0.15, 0.2) is 6.61 Å². The van der Waals surface area contributed by atoms with Crippen molar-refractivity contribution < 1.29 is 19.4 Å². The number of carboxylic acids is 1. The Morgan fingerprint density at radius 2 is 2.12 bits per heavy atom. The normalized spacial score (nSPS) is 11.6. The number of nitrogens with two attached hydrogens (primary N) is 1. The highest BCUT2D eigenvalue weighted by Gasteiger charge is 2.11. The third-order valence-corrected chi connectivity index (χ3v) is 1.91. The molecule has 0 fully saturated rings. The van der Waals surface area contributed by atoms with E-state index in [-0.39, 0.29) is 5.91 Å². The zero-order valence-electron chi connectivity index (χ0n) is 9.34. The molecule has 1 aromatic rings. The maximum Gasteiger partial charge on any atom is 0.341 e. The molecule has 17 heavy (non-hydrogen) atoms. The number of carboxylic acid groups (broad SMARTS) is 1. The average Bonchev–Trinajstić information content (AvgIpc) is 2.27. The molecule has 1 atom stereocenters. The van der Waals surface area contributed by atoms with Crippen molar-refractivity contribution in [2.45, 2.75) is 13.0 Å². The number of carbonyl (C=O) groups is 2. The number of benzene rings is 1. The molecular weight excluding hydrogens is 224 g/mol. The largest absolute Gasteiger partial charge is 0.480 e. The Hall–Kier alpha value is -2.08. The van der Waals surface area contributed by atoms with Gasteiger partial charge in [0.2, 0.25) is 5.91 Å². The van der Waals surface area contributed by atoms with Crippen molar-refractivity contribution >= 4 is 17.6 Å². The summed E-state index contributed by atoms with van der Waals surface area (Å²) in [5.41, 5.74) is 5.81. The summed E-state index contributed by atoms with van der Waals surface area (Å²) in [5.74, 6) is -1.15. The van der Waals surface area contributed by atoms with E-state index in [1.807, 2.05) is 0 Å². The van der Waals surface area contributed by atoms with Gasteiger partial charge in [-0.2, -0.15) is 0 Å². The molecular formula is C11H14N2O4. The van der Waals surface area contributed by atoms with Crippen LogP contribution in [0.2, 0.25) is 0 Å². The van der Waals surface area contributed by atoms with Gasteiger partial charge in [-0.3, -0.25) is 4.79 Å². The second-order valence-corrected chi connectivity index (χ2v) is 3.46. The Morgan fingerprint density at radius 3 is 2.71 bits per heavy atom. The van der Waals surface area contributed by atoms with Crippen LogP contribution >= 0.6 is 0 Å². The van der Waals surface area contributed by atoms with Crippen LogP contribution in [0.3, 0.4) is 0 Å². The maximum absolute atomic E-state index is 11.4. The number of carbonyl (C=O) groups excluding carboxylic acids is 1. The van der Waals surface area contributed by atoms with E-state index in [2.05, 4.69) is 5.32 Å². The predicted octanol–water partition coefficient (Wildman–Crippen LogP) is 0.436. The molecule has 0 aromatic heterocycles. The minimum atomic E-state index is -1.08. The molecule has 0 heterocycles. The SMILES string of the molecule is C[C@H](N)C(=O)Nc1ccccc1OCC(=O)O. The number of anilines is 1. The first kappa shape index (κ1) is 13.0. The van der Waals surface area contributed by atoms with Gasteiger partial charge in [-0.15, -0.1) is 0 Å². The lowest BCUT2D eigenvalue weighted by molar-refractivity contribution is -0.139. The van der Waals surface area contributed by atoms with Crippen LogP contribution in [-0.2, 0) is 9.59 Å². The quantitative estimate of drug-likeness (QED) is 0.690. The third-order valence-electron chi connectivity index (χ3n) is 1.91. The summed E-state index contributed by atoms with van der Waals surface area (Å²) in [5, 5.41) is 11.1. The molecule has 0 radical (unpaired) electrons. The molecule has 0 saturated heterocycles. The van der Waals surface area contributed by atoms with Gasteiger partial charge in [0.25, 0.3) is 0 Å². The minimum absolute atomic E-state index is 0.295. The lowest BCUT2D eigenvalue weighted by Crippen LogP contribution is -2.32. The first-order valence-corrected chi connectivity index (χ1v) is 5.00. The Morgan fingerprint density at radius 1 is 1.47 bits per heavy atom. The second kappa shape index (κ2) is 5.86. The molecule has 1 rings (SSSR count). The monoisotopic (exact) mass is 238 g/mol. The summed E-state index contributed by atoms with van der Waals surface area (Å²) in [6, 6.07) is 5.91. The van der Waals surface area contributed by atoms with E-state index >= 15 is 0 Å². The fourth-order valence-corrected chi connectivity index (χ4v) is 1.08. The van der Waals surface area contributed by atoms with Gasteiger partial charge in [0.1, 0.15) is 5.75 Å². The minimum Gasteiger partial charge on any atom is -0.480 e. The number of aliphatic carboxylic acids is 1. The van der Waals surface area contributed by atoms with Crippen LogP contribution in [0.4, 0.5) is 5.69 Å². The summed E-state index contributed by atoms with van der Waals surface area (Å²) in [6.45, 7) is 1.08. The van der Waals surface area contributed by atoms with Crippen molar-refractivity contribution in [2.75, 3.05) is 11.9 Å². The molecule has 4 N–H and O–H groups in total. The highest BCUT2D eigenvalue weighted by atomic mass is 16.5. The predicted molar refractivity (Wildman–Crippen MR) is 61.9 cm³/mol. The molecule has 0 aliphatic rings. The second-order valence-electron chi connectivity index (χ2n) is 3.46. The van der Waals surface area contributed by atoms with Crippen molar-refractivity contribution in [3.05, 3.63) is 24.3 Å². The van der Waals surface area contributed by atoms with Crippen molar-refractivity contribution in [3.8, 4) is 5.75 Å². The standard InChI is InChI=1S/C11H14N2O4/c1-7(12)11(16)13-8-4-2-3-5-9(8)17-6-10(14)15/h2-5,7H,6,12H2,1H3,(H,13,16)(H,14,15)/t7-/m0/s1. The summed E-state index contributed by atoms with van der Waals surface area (Å²) >= 11 is 0. The van der Waals surface area contributed by atoms with Gasteiger partial charge in [0.05, 0.1) is 11.7 Å². The number of amides is 1. The molecule has 0 unspecified atom stereocenters. The van der Waals surface area contributed by atoms with E-state index in [9.17, 15) is 9.59 Å². The average molecular weight is 238 g/mol. The van der Waals surface area contributed by atoms with Crippen LogP contribution in [-0.4, -0.2) is 29.6 Å². The Bertz CT molecular complexity index is 418. The fourth-order valence-electron chi connectivity index (χ4n) is 1.08. The van der Waals surface area contributed by atoms with Gasteiger partial charge in [-0.1, -0.05) is 12.1 Å². The topological polar surface area (TPSA) is 102 Å². The Kier molecular flexibility index (Phi) is 4.47. The molecule has 0 aliphatic carbocycles. The number of hydrogen-bond donors (Lipinski definition) is 3. The molecule has 0 aliphatic heterocycles. The van der Waals surface area contributed by atoms with E-state index in [1.165, 1.54) is 0 Å². The van der Waals surface area contributed by atoms with Crippen LogP contribution in [0.1, 0.15) is 6.92 Å². The molecule has 6 nitrogen and oxygen atoms in total. The van der Waals surface area contributed by atoms with E-state index in [4.69, 9.17) is 15.6 Å². The molecule has 0 saturated carbocycles. The highest BCUT2D eigenvalue weighted by Crippen LogP contribution is 2.23. The number of ether oxygens (including phenoxy) is 1. The van der Waals surface area contributed by atoms with Crippen LogP contribution in [0.25, 0.3) is 0 Å². The molecule has 0 bridgehead atoms. The van der Waals surface area contributed by atoms with Crippen LogP contribution in [0, 0.1) is 0 Å². The first-order chi connectivity index (χ1) is 8.00. The Labute approximate surface area is 98.4 Å². The molecule has 6 heteroatoms. The van der Waals surface area contributed by atoms with Crippen molar-refractivity contribution in [3.63, 3.8) is 0 Å². The van der Waals surface area contributed by atoms with Gasteiger partial charge < -0.3 is 20.9 Å². The van der Waals surface area contributed by atoms with Crippen LogP contribution in [0.15, 0.2) is 24.3 Å². The summed E-state index contributed by atoms with van der Waals surface area (Å²) in [6.07, 6.45) is 0. The van der Waals surface area contributed by atoms with E-state index < -0.39 is 18.6 Å². The summed E-state index contributed by atoms with van der Waals surface area (Å²) in [4.78, 5) is 21.8. The number of para-hydroxylation sites is 2. The van der Waals surface area contributed by atoms with Crippen LogP contribution in [0.5, 0.6) is 5.75 Å². The molecule has 92 valence electrons. The smallest absolute Gasteiger partial charge is 0.341 e. The van der Waals surface area contributed by atoms with Gasteiger partial charge in [-0.25, -0.2) is 4.79 Å². The van der Waals surface area contributed by atoms with Gasteiger partial charge in [0, 0.05) is 0 Å². The molecule has 1 aromatic carbocycles. The zero-order valence-corrected chi connectivity index (χ0v) is 9.34. The first-order valence-electron chi connectivity index (χ1n) is 5.00. The molecule has 0 spiro atoms. The van der Waals surface area contributed by atoms with E-state index in [1.54, 1.807) is 31.2 Å². The number of hydrogen-bond acceptors (Lipinski definition) is 4. The fraction of sp³-hybridized carbons (Fsp3) is 0.273. The summed E-state index contributed by atoms with van der Waals surface area (Å²) < 4.78 is 5.02. The van der Waals surface area contributed by atoms with Gasteiger partial charge >= 0.3 is 5.97 Å². The highest BCUT2D eigenvalue weighted by molar-refractivity contribution is 5.95. The maximum atomic E-state index is 11.4. The lowest BCUT2D eigenvalue weighted by atomic mass is 10.2. The van der Waals surface area contributed by atoms with Crippen molar-refractivity contribution in [1.29, 1.82) is 0 Å². The van der Waals surface area contributed by atoms with Crippen LogP contribution < -0.4 is 15.8 Å². The Balaban J connectivity index is 2.77.